The second-order valence-corrected chi connectivity index (χ2v) is 4.96. The maximum absolute atomic E-state index is 5.86. The first-order valence-corrected chi connectivity index (χ1v) is 7.07. The molecule has 0 aliphatic heterocycles. The Bertz CT molecular complexity index is 523. The lowest BCUT2D eigenvalue weighted by Gasteiger charge is -2.10. The summed E-state index contributed by atoms with van der Waals surface area (Å²) in [5.41, 5.74) is 7.82. The van der Waals surface area contributed by atoms with Crippen LogP contribution < -0.4 is 10.5 Å². The van der Waals surface area contributed by atoms with Crippen molar-refractivity contribution in [1.82, 2.24) is 0 Å². The zero-order valence-corrected chi connectivity index (χ0v) is 11.5. The number of rotatable bonds is 4. The van der Waals surface area contributed by atoms with Crippen LogP contribution in [0, 0.1) is 6.92 Å². The van der Waals surface area contributed by atoms with Crippen LogP contribution in [-0.4, -0.2) is 6.26 Å². The smallest absolute Gasteiger partial charge is 0.130 e. The summed E-state index contributed by atoms with van der Waals surface area (Å²) in [6.45, 7) is 2.62. The Morgan fingerprint density at radius 2 is 1.83 bits per heavy atom. The molecular formula is C15H17NOS. The van der Waals surface area contributed by atoms with Gasteiger partial charge < -0.3 is 10.5 Å². The minimum Gasteiger partial charge on any atom is -0.457 e. The van der Waals surface area contributed by atoms with Gasteiger partial charge in [-0.25, -0.2) is 0 Å². The van der Waals surface area contributed by atoms with E-state index in [1.165, 1.54) is 4.90 Å². The zero-order valence-electron chi connectivity index (χ0n) is 10.6. The predicted molar refractivity (Wildman–Crippen MR) is 77.4 cm³/mol. The van der Waals surface area contributed by atoms with E-state index in [1.807, 2.05) is 30.3 Å². The molecule has 3 heteroatoms. The molecule has 0 amide bonds. The molecule has 18 heavy (non-hydrogen) atoms. The lowest BCUT2D eigenvalue weighted by Crippen LogP contribution is -1.95. The molecule has 0 saturated heterocycles. The summed E-state index contributed by atoms with van der Waals surface area (Å²) >= 11 is 1.73. The highest BCUT2D eigenvalue weighted by molar-refractivity contribution is 7.98. The molecule has 0 saturated carbocycles. The van der Waals surface area contributed by atoms with Crippen LogP contribution in [-0.2, 0) is 6.54 Å². The largest absolute Gasteiger partial charge is 0.457 e. The third-order valence-corrected chi connectivity index (χ3v) is 3.49. The van der Waals surface area contributed by atoms with Crippen LogP contribution in [0.5, 0.6) is 11.5 Å². The van der Waals surface area contributed by atoms with Gasteiger partial charge in [-0.05, 0) is 54.6 Å². The maximum Gasteiger partial charge on any atom is 0.130 e. The average molecular weight is 259 g/mol. The normalized spacial score (nSPS) is 10.4. The number of hydrogen-bond acceptors (Lipinski definition) is 3. The molecule has 0 fully saturated rings. The van der Waals surface area contributed by atoms with E-state index in [1.54, 1.807) is 11.8 Å². The van der Waals surface area contributed by atoms with Gasteiger partial charge in [0.25, 0.3) is 0 Å². The minimum atomic E-state index is 0.557. The van der Waals surface area contributed by atoms with Gasteiger partial charge in [0.2, 0.25) is 0 Å². The van der Waals surface area contributed by atoms with Crippen molar-refractivity contribution in [3.63, 3.8) is 0 Å². The van der Waals surface area contributed by atoms with Crippen LogP contribution in [0.1, 0.15) is 11.1 Å². The van der Waals surface area contributed by atoms with Crippen LogP contribution in [0.2, 0.25) is 0 Å². The molecule has 0 aliphatic rings. The Hall–Kier alpha value is -1.45. The van der Waals surface area contributed by atoms with E-state index < -0.39 is 0 Å². The Morgan fingerprint density at radius 3 is 2.39 bits per heavy atom. The van der Waals surface area contributed by atoms with Crippen molar-refractivity contribution < 1.29 is 4.74 Å². The third kappa shape index (κ3) is 3.06. The highest BCUT2D eigenvalue weighted by Gasteiger charge is 2.02. The second-order valence-electron chi connectivity index (χ2n) is 4.08. The molecule has 2 aromatic carbocycles. The first-order chi connectivity index (χ1) is 8.72. The molecule has 0 atom stereocenters. The fourth-order valence-corrected chi connectivity index (χ4v) is 2.18. The van der Waals surface area contributed by atoms with E-state index in [9.17, 15) is 0 Å². The lowest BCUT2D eigenvalue weighted by atomic mass is 10.2. The van der Waals surface area contributed by atoms with Crippen LogP contribution in [0.3, 0.4) is 0 Å². The molecule has 0 radical (unpaired) electrons. The molecule has 2 rings (SSSR count). The second kappa shape index (κ2) is 5.94. The van der Waals surface area contributed by atoms with Crippen molar-refractivity contribution in [3.05, 3.63) is 53.6 Å². The van der Waals surface area contributed by atoms with Gasteiger partial charge in [0.05, 0.1) is 0 Å². The molecule has 2 nitrogen and oxygen atoms in total. The van der Waals surface area contributed by atoms with E-state index in [-0.39, 0.29) is 0 Å². The van der Waals surface area contributed by atoms with Crippen molar-refractivity contribution in [1.29, 1.82) is 0 Å². The summed E-state index contributed by atoms with van der Waals surface area (Å²) < 4.78 is 5.86. The molecule has 2 aromatic rings. The fourth-order valence-electron chi connectivity index (χ4n) is 1.68. The standard InChI is InChI=1S/C15H17NOS/c1-11-9-14(18-2)7-8-15(11)17-13-5-3-12(10-16)4-6-13/h3-9H,10,16H2,1-2H3. The molecular weight excluding hydrogens is 242 g/mol. The predicted octanol–water partition coefficient (Wildman–Crippen LogP) is 3.97. The lowest BCUT2D eigenvalue weighted by molar-refractivity contribution is 0.478. The Morgan fingerprint density at radius 1 is 1.11 bits per heavy atom. The van der Waals surface area contributed by atoms with Crippen molar-refractivity contribution in [3.8, 4) is 11.5 Å². The highest BCUT2D eigenvalue weighted by atomic mass is 32.2. The average Bonchev–Trinajstić information content (AvgIpc) is 2.42. The van der Waals surface area contributed by atoms with Crippen LogP contribution in [0.4, 0.5) is 0 Å². The molecule has 0 heterocycles. The zero-order chi connectivity index (χ0) is 13.0. The van der Waals surface area contributed by atoms with Crippen molar-refractivity contribution in [2.75, 3.05) is 6.26 Å². The number of aryl methyl sites for hydroxylation is 1. The van der Waals surface area contributed by atoms with E-state index in [2.05, 4.69) is 25.3 Å². The quantitative estimate of drug-likeness (QED) is 0.844. The molecule has 0 spiro atoms. The number of nitrogens with two attached hydrogens (primary N) is 1. The minimum absolute atomic E-state index is 0.557. The van der Waals surface area contributed by atoms with Crippen LogP contribution in [0.15, 0.2) is 47.4 Å². The summed E-state index contributed by atoms with van der Waals surface area (Å²) in [7, 11) is 0. The molecule has 94 valence electrons. The van der Waals surface area contributed by atoms with Gasteiger partial charge >= 0.3 is 0 Å². The summed E-state index contributed by atoms with van der Waals surface area (Å²) in [5.74, 6) is 1.74. The number of hydrogen-bond donors (Lipinski definition) is 1. The van der Waals surface area contributed by atoms with E-state index in [4.69, 9.17) is 10.5 Å². The maximum atomic E-state index is 5.86. The number of ether oxygens (including phenoxy) is 1. The third-order valence-electron chi connectivity index (χ3n) is 2.77. The first kappa shape index (κ1) is 13.0. The van der Waals surface area contributed by atoms with Gasteiger partial charge in [-0.2, -0.15) is 0 Å². The summed E-state index contributed by atoms with van der Waals surface area (Å²) in [5, 5.41) is 0. The number of thioether (sulfide) groups is 1. The molecule has 0 unspecified atom stereocenters. The van der Waals surface area contributed by atoms with Crippen molar-refractivity contribution >= 4 is 11.8 Å². The van der Waals surface area contributed by atoms with Gasteiger partial charge in [0.1, 0.15) is 11.5 Å². The van der Waals surface area contributed by atoms with Gasteiger partial charge in [0, 0.05) is 11.4 Å². The molecule has 0 bridgehead atoms. The topological polar surface area (TPSA) is 35.2 Å². The van der Waals surface area contributed by atoms with Crippen LogP contribution >= 0.6 is 11.8 Å². The van der Waals surface area contributed by atoms with E-state index >= 15 is 0 Å². The first-order valence-electron chi connectivity index (χ1n) is 5.84. The summed E-state index contributed by atoms with van der Waals surface area (Å²) in [4.78, 5) is 1.25. The molecule has 2 N–H and O–H groups in total. The van der Waals surface area contributed by atoms with E-state index in [0.29, 0.717) is 6.54 Å². The van der Waals surface area contributed by atoms with Gasteiger partial charge in [-0.1, -0.05) is 12.1 Å². The van der Waals surface area contributed by atoms with Crippen molar-refractivity contribution in [2.24, 2.45) is 5.73 Å². The van der Waals surface area contributed by atoms with E-state index in [0.717, 1.165) is 22.6 Å². The Kier molecular flexibility index (Phi) is 4.28. The Balaban J connectivity index is 2.17. The highest BCUT2D eigenvalue weighted by Crippen LogP contribution is 2.28. The molecule has 0 aromatic heterocycles. The summed E-state index contributed by atoms with van der Waals surface area (Å²) in [6.07, 6.45) is 2.07. The monoisotopic (exact) mass is 259 g/mol. The number of benzene rings is 2. The van der Waals surface area contributed by atoms with Crippen LogP contribution in [0.25, 0.3) is 0 Å². The SMILES string of the molecule is CSc1ccc(Oc2ccc(CN)cc2)c(C)c1. The van der Waals surface area contributed by atoms with Gasteiger partial charge in [0.15, 0.2) is 0 Å². The van der Waals surface area contributed by atoms with Crippen molar-refractivity contribution in [2.45, 2.75) is 18.4 Å². The Labute approximate surface area is 112 Å². The fraction of sp³-hybridized carbons (Fsp3) is 0.200. The summed E-state index contributed by atoms with van der Waals surface area (Å²) in [6, 6.07) is 14.1. The van der Waals surface area contributed by atoms with Gasteiger partial charge in [-0.3, -0.25) is 0 Å². The molecule has 0 aliphatic carbocycles. The van der Waals surface area contributed by atoms with Gasteiger partial charge in [-0.15, -0.1) is 11.8 Å².